The largest absolute Gasteiger partial charge is 0.495 e. The number of sulfonamides is 1. The highest BCUT2D eigenvalue weighted by molar-refractivity contribution is 7.92. The predicted octanol–water partition coefficient (Wildman–Crippen LogP) is 5.75. The summed E-state index contributed by atoms with van der Waals surface area (Å²) in [5.74, 6) is -0.533. The number of hydrogen-bond donors (Lipinski definition) is 1. The second-order valence-electron chi connectivity index (χ2n) is 11.0. The molecular weight excluding hydrogens is 586 g/mol. The first-order chi connectivity index (χ1) is 21.6. The van der Waals surface area contributed by atoms with Crippen LogP contribution < -0.4 is 14.4 Å². The molecule has 0 bridgehead atoms. The fourth-order valence-electron chi connectivity index (χ4n) is 4.96. The zero-order chi connectivity index (χ0) is 32.4. The second-order valence-corrected chi connectivity index (χ2v) is 12.9. The molecule has 1 N–H and O–H groups in total. The molecule has 2 unspecified atom stereocenters. The molecule has 0 aliphatic heterocycles. The molecular formula is C36H41N3O5S. The Balaban J connectivity index is 1.82. The molecule has 0 aromatic heterocycles. The van der Waals surface area contributed by atoms with Gasteiger partial charge in [-0.1, -0.05) is 97.4 Å². The van der Waals surface area contributed by atoms with E-state index in [1.54, 1.807) is 36.4 Å². The van der Waals surface area contributed by atoms with Crippen molar-refractivity contribution < 1.29 is 22.7 Å². The molecule has 4 aromatic carbocycles. The molecule has 2 amide bonds. The fourth-order valence-corrected chi connectivity index (χ4v) is 6.39. The number of rotatable bonds is 14. The molecule has 0 aliphatic carbocycles. The van der Waals surface area contributed by atoms with E-state index in [2.05, 4.69) is 5.32 Å². The topological polar surface area (TPSA) is 96.0 Å². The standard InChI is InChI=1S/C36H41N3O5S/c1-5-28(3)37-36(41)33(24-29-14-8-6-9-15-29)38(25-30-16-10-7-11-17-30)35(40)26-39(32-18-12-13-19-34(32)44-4)45(42,43)31-22-20-27(2)21-23-31/h6-23,28,33H,5,24-26H2,1-4H3,(H,37,41). The van der Waals surface area contributed by atoms with Crippen LogP contribution in [0.15, 0.2) is 114 Å². The van der Waals surface area contributed by atoms with Crippen LogP contribution in [0.3, 0.4) is 0 Å². The van der Waals surface area contributed by atoms with Gasteiger partial charge >= 0.3 is 0 Å². The Labute approximate surface area is 266 Å². The lowest BCUT2D eigenvalue weighted by molar-refractivity contribution is -0.140. The first-order valence-corrected chi connectivity index (χ1v) is 16.5. The average Bonchev–Trinajstić information content (AvgIpc) is 3.06. The van der Waals surface area contributed by atoms with Crippen molar-refractivity contribution in [3.8, 4) is 5.75 Å². The summed E-state index contributed by atoms with van der Waals surface area (Å²) >= 11 is 0. The maximum absolute atomic E-state index is 14.6. The number of nitrogens with zero attached hydrogens (tertiary/aromatic N) is 2. The van der Waals surface area contributed by atoms with E-state index in [0.29, 0.717) is 12.2 Å². The van der Waals surface area contributed by atoms with Crippen molar-refractivity contribution in [1.82, 2.24) is 10.2 Å². The van der Waals surface area contributed by atoms with Crippen LogP contribution in [-0.2, 0) is 32.6 Å². The summed E-state index contributed by atoms with van der Waals surface area (Å²) in [6, 6.07) is 31.0. The van der Waals surface area contributed by atoms with Crippen molar-refractivity contribution in [3.05, 3.63) is 126 Å². The lowest BCUT2D eigenvalue weighted by atomic mass is 10.0. The third kappa shape index (κ3) is 8.51. The van der Waals surface area contributed by atoms with Crippen LogP contribution in [-0.4, -0.2) is 50.9 Å². The number of aryl methyl sites for hydroxylation is 1. The van der Waals surface area contributed by atoms with Gasteiger partial charge in [-0.2, -0.15) is 0 Å². The van der Waals surface area contributed by atoms with E-state index >= 15 is 0 Å². The molecule has 2 atom stereocenters. The van der Waals surface area contributed by atoms with Gasteiger partial charge in [-0.3, -0.25) is 13.9 Å². The maximum Gasteiger partial charge on any atom is 0.264 e. The Bertz CT molecular complexity index is 1660. The molecule has 45 heavy (non-hydrogen) atoms. The minimum absolute atomic E-state index is 0.0387. The van der Waals surface area contributed by atoms with Gasteiger partial charge in [0.05, 0.1) is 17.7 Å². The van der Waals surface area contributed by atoms with Crippen LogP contribution in [0.2, 0.25) is 0 Å². The van der Waals surface area contributed by atoms with E-state index in [4.69, 9.17) is 4.74 Å². The van der Waals surface area contributed by atoms with Crippen molar-refractivity contribution >= 4 is 27.5 Å². The highest BCUT2D eigenvalue weighted by Crippen LogP contribution is 2.32. The molecule has 4 rings (SSSR count). The monoisotopic (exact) mass is 627 g/mol. The Morgan fingerprint density at radius 1 is 0.822 bits per heavy atom. The lowest BCUT2D eigenvalue weighted by Gasteiger charge is -2.34. The van der Waals surface area contributed by atoms with Crippen molar-refractivity contribution in [3.63, 3.8) is 0 Å². The van der Waals surface area contributed by atoms with Gasteiger partial charge in [-0.25, -0.2) is 8.42 Å². The SMILES string of the molecule is CCC(C)NC(=O)C(Cc1ccccc1)N(Cc1ccccc1)C(=O)CN(c1ccccc1OC)S(=O)(=O)c1ccc(C)cc1. The summed E-state index contributed by atoms with van der Waals surface area (Å²) in [5, 5.41) is 3.05. The highest BCUT2D eigenvalue weighted by atomic mass is 32.2. The lowest BCUT2D eigenvalue weighted by Crippen LogP contribution is -2.54. The number of benzene rings is 4. The van der Waals surface area contributed by atoms with Gasteiger partial charge in [0.2, 0.25) is 11.8 Å². The number of anilines is 1. The van der Waals surface area contributed by atoms with Crippen LogP contribution in [0, 0.1) is 6.92 Å². The molecule has 0 heterocycles. The average molecular weight is 628 g/mol. The first kappa shape index (κ1) is 33.3. The van der Waals surface area contributed by atoms with Gasteiger partial charge in [-0.05, 0) is 55.7 Å². The molecule has 0 aliphatic rings. The van der Waals surface area contributed by atoms with E-state index in [1.807, 2.05) is 81.4 Å². The smallest absolute Gasteiger partial charge is 0.264 e. The number of hydrogen-bond acceptors (Lipinski definition) is 5. The zero-order valence-corrected chi connectivity index (χ0v) is 27.0. The summed E-state index contributed by atoms with van der Waals surface area (Å²) in [6.45, 7) is 5.32. The van der Waals surface area contributed by atoms with Gasteiger partial charge in [0.1, 0.15) is 18.3 Å². The third-order valence-corrected chi connectivity index (χ3v) is 9.48. The van der Waals surface area contributed by atoms with E-state index in [1.165, 1.54) is 24.1 Å². The van der Waals surface area contributed by atoms with E-state index in [0.717, 1.165) is 21.0 Å². The Morgan fingerprint density at radius 2 is 1.40 bits per heavy atom. The van der Waals surface area contributed by atoms with Gasteiger partial charge in [0.25, 0.3) is 10.0 Å². The molecule has 236 valence electrons. The zero-order valence-electron chi connectivity index (χ0n) is 26.2. The maximum atomic E-state index is 14.6. The van der Waals surface area contributed by atoms with Crippen LogP contribution in [0.5, 0.6) is 5.75 Å². The number of carbonyl (C=O) groups excluding carboxylic acids is 2. The van der Waals surface area contributed by atoms with Crippen LogP contribution in [0.4, 0.5) is 5.69 Å². The number of amides is 2. The molecule has 0 fully saturated rings. The summed E-state index contributed by atoms with van der Waals surface area (Å²) in [6.07, 6.45) is 0.966. The molecule has 0 saturated heterocycles. The van der Waals surface area contributed by atoms with Crippen LogP contribution in [0.1, 0.15) is 37.0 Å². The molecule has 4 aromatic rings. The van der Waals surface area contributed by atoms with Gasteiger partial charge in [0, 0.05) is 19.0 Å². The second kappa shape index (κ2) is 15.4. The Kier molecular flexibility index (Phi) is 11.4. The molecule has 0 saturated carbocycles. The number of nitrogens with one attached hydrogen (secondary N) is 1. The number of methoxy groups -OCH3 is 1. The van der Waals surface area contributed by atoms with Gasteiger partial charge < -0.3 is 15.0 Å². The summed E-state index contributed by atoms with van der Waals surface area (Å²) < 4.78 is 35.1. The summed E-state index contributed by atoms with van der Waals surface area (Å²) in [7, 11) is -2.77. The van der Waals surface area contributed by atoms with E-state index in [-0.39, 0.29) is 35.5 Å². The number of para-hydroxylation sites is 2. The van der Waals surface area contributed by atoms with E-state index < -0.39 is 28.5 Å². The minimum atomic E-state index is -4.23. The summed E-state index contributed by atoms with van der Waals surface area (Å²) in [4.78, 5) is 30.0. The van der Waals surface area contributed by atoms with Crippen molar-refractivity contribution in [2.75, 3.05) is 18.0 Å². The third-order valence-electron chi connectivity index (χ3n) is 7.71. The fraction of sp³-hybridized carbons (Fsp3) is 0.278. The highest BCUT2D eigenvalue weighted by Gasteiger charge is 2.35. The molecule has 0 radical (unpaired) electrons. The van der Waals surface area contributed by atoms with Crippen molar-refractivity contribution in [1.29, 1.82) is 0 Å². The van der Waals surface area contributed by atoms with Crippen LogP contribution in [0.25, 0.3) is 0 Å². The molecule has 8 nitrogen and oxygen atoms in total. The summed E-state index contributed by atoms with van der Waals surface area (Å²) in [5.41, 5.74) is 2.81. The van der Waals surface area contributed by atoms with Gasteiger partial charge in [-0.15, -0.1) is 0 Å². The van der Waals surface area contributed by atoms with Crippen LogP contribution >= 0.6 is 0 Å². The van der Waals surface area contributed by atoms with Crippen molar-refractivity contribution in [2.45, 2.75) is 57.1 Å². The van der Waals surface area contributed by atoms with Gasteiger partial charge in [0.15, 0.2) is 0 Å². The normalized spacial score (nSPS) is 12.5. The first-order valence-electron chi connectivity index (χ1n) is 15.0. The van der Waals surface area contributed by atoms with E-state index in [9.17, 15) is 18.0 Å². The molecule has 9 heteroatoms. The predicted molar refractivity (Wildman–Crippen MR) is 178 cm³/mol. The number of carbonyl (C=O) groups is 2. The quantitative estimate of drug-likeness (QED) is 0.192. The van der Waals surface area contributed by atoms with Crippen molar-refractivity contribution in [2.24, 2.45) is 0 Å². The molecule has 0 spiro atoms. The number of ether oxygens (including phenoxy) is 1. The Morgan fingerprint density at radius 3 is 2.00 bits per heavy atom. The minimum Gasteiger partial charge on any atom is -0.495 e. The Hall–Kier alpha value is -4.63.